The van der Waals surface area contributed by atoms with Gasteiger partial charge in [-0.25, -0.2) is 9.97 Å². The van der Waals surface area contributed by atoms with E-state index >= 15 is 0 Å². The van der Waals surface area contributed by atoms with Gasteiger partial charge in [0.25, 0.3) is 0 Å². The number of rotatable bonds is 10. The number of aliphatic hydroxyl groups is 1. The van der Waals surface area contributed by atoms with Crippen molar-refractivity contribution in [3.63, 3.8) is 0 Å². The van der Waals surface area contributed by atoms with Gasteiger partial charge >= 0.3 is 8.25 Å². The number of hydrogen-bond acceptors (Lipinski definition) is 12. The topological polar surface area (TPSA) is 149 Å². The van der Waals surface area contributed by atoms with E-state index in [-0.39, 0.29) is 37.3 Å². The molecule has 166 valence electrons. The number of fused-ring (bicyclic) bond motifs is 1. The van der Waals surface area contributed by atoms with Crippen LogP contribution in [0.4, 0.5) is 17.3 Å². The molecule has 0 aliphatic carbocycles. The van der Waals surface area contributed by atoms with Gasteiger partial charge in [-0.3, -0.25) is 4.79 Å². The quantitative estimate of drug-likeness (QED) is 0.345. The Morgan fingerprint density at radius 1 is 1.47 bits per heavy atom. The average Bonchev–Trinajstić information content (AvgIpc) is 3.36. The maximum atomic E-state index is 11.9. The molecule has 1 fully saturated rings. The molecule has 0 spiro atoms. The number of anilines is 3. The van der Waals surface area contributed by atoms with Crippen molar-refractivity contribution in [2.75, 3.05) is 48.2 Å². The Kier molecular flexibility index (Phi) is 7.83. The summed E-state index contributed by atoms with van der Waals surface area (Å²) in [7, 11) is -2.30. The van der Waals surface area contributed by atoms with Gasteiger partial charge in [0.2, 0.25) is 0 Å². The van der Waals surface area contributed by atoms with Gasteiger partial charge in [-0.1, -0.05) is 11.8 Å². The highest BCUT2D eigenvalue weighted by atomic mass is 32.2. The Labute approximate surface area is 180 Å². The summed E-state index contributed by atoms with van der Waals surface area (Å²) in [4.78, 5) is 22.1. The Balaban J connectivity index is 1.34. The van der Waals surface area contributed by atoms with Gasteiger partial charge in [-0.15, -0.1) is 9.05 Å². The molecule has 1 aromatic heterocycles. The number of nitrogens with one attached hydrogen (secondary N) is 1. The number of nitrogens with zero attached hydrogens (tertiary/aromatic N) is 3. The summed E-state index contributed by atoms with van der Waals surface area (Å²) in [5.41, 5.74) is 5.76. The minimum absolute atomic E-state index is 0.110. The molecule has 2 aliphatic heterocycles. The molecule has 4 N–H and O–H groups in total. The first-order valence-corrected chi connectivity index (χ1v) is 11.7. The van der Waals surface area contributed by atoms with Gasteiger partial charge in [0.15, 0.2) is 16.8 Å². The van der Waals surface area contributed by atoms with Crippen LogP contribution in [0, 0.1) is 5.41 Å². The molecule has 2 unspecified atom stereocenters. The summed E-state index contributed by atoms with van der Waals surface area (Å²) >= 11 is 1.04. The van der Waals surface area contributed by atoms with Crippen molar-refractivity contribution in [1.29, 1.82) is 0 Å². The van der Waals surface area contributed by atoms with Gasteiger partial charge in [0.1, 0.15) is 31.5 Å². The fourth-order valence-electron chi connectivity index (χ4n) is 2.98. The third kappa shape index (κ3) is 5.57. The molecule has 0 amide bonds. The third-order valence-corrected chi connectivity index (χ3v) is 6.75. The third-order valence-electron chi connectivity index (χ3n) is 4.81. The molecule has 0 bridgehead atoms. The van der Waals surface area contributed by atoms with Crippen molar-refractivity contribution in [2.45, 2.75) is 39.0 Å². The number of aliphatic hydroxyl groups excluding tert-OH is 1. The van der Waals surface area contributed by atoms with Crippen LogP contribution in [0.3, 0.4) is 0 Å². The number of ether oxygens (including phenoxy) is 1. The zero-order chi connectivity index (χ0) is 21.7. The molecule has 0 radical (unpaired) electrons. The molecule has 13 heteroatoms. The minimum atomic E-state index is -2.30. The summed E-state index contributed by atoms with van der Waals surface area (Å²) in [5.74, 6) is 1.44. The highest BCUT2D eigenvalue weighted by molar-refractivity contribution is 8.13. The van der Waals surface area contributed by atoms with E-state index in [1.54, 1.807) is 13.8 Å². The monoisotopic (exact) mass is 460 g/mol. The first kappa shape index (κ1) is 23.1. The van der Waals surface area contributed by atoms with Crippen molar-refractivity contribution >= 4 is 42.5 Å². The molecular formula is C17H27N5O6PS+. The van der Waals surface area contributed by atoms with E-state index in [0.29, 0.717) is 29.7 Å². The lowest BCUT2D eigenvalue weighted by Crippen LogP contribution is -2.36. The fourth-order valence-corrected chi connectivity index (χ4v) is 4.51. The van der Waals surface area contributed by atoms with Crippen molar-refractivity contribution in [3.8, 4) is 0 Å². The fraction of sp³-hybridized carbons (Fsp3) is 0.706. The molecule has 3 rings (SSSR count). The number of thioether (sulfide) groups is 1. The van der Waals surface area contributed by atoms with Crippen LogP contribution in [-0.4, -0.2) is 64.8 Å². The Bertz CT molecular complexity index is 785. The highest BCUT2D eigenvalue weighted by Crippen LogP contribution is 2.37. The van der Waals surface area contributed by atoms with Crippen LogP contribution < -0.4 is 16.0 Å². The summed E-state index contributed by atoms with van der Waals surface area (Å²) in [6.07, 6.45) is 2.55. The Morgan fingerprint density at radius 2 is 2.27 bits per heavy atom. The zero-order valence-corrected chi connectivity index (χ0v) is 18.7. The van der Waals surface area contributed by atoms with Gasteiger partial charge in [-0.05, 0) is 26.7 Å². The van der Waals surface area contributed by atoms with Gasteiger partial charge < -0.3 is 25.8 Å². The molecule has 3 atom stereocenters. The first-order chi connectivity index (χ1) is 14.3. The van der Waals surface area contributed by atoms with Crippen molar-refractivity contribution in [3.05, 3.63) is 6.33 Å². The molecule has 11 nitrogen and oxygen atoms in total. The lowest BCUT2D eigenvalue weighted by Gasteiger charge is -2.24. The van der Waals surface area contributed by atoms with E-state index in [1.165, 1.54) is 6.33 Å². The Hall–Kier alpha value is -1.56. The highest BCUT2D eigenvalue weighted by Gasteiger charge is 2.37. The number of carbonyl (C=O) groups is 1. The van der Waals surface area contributed by atoms with E-state index in [1.807, 2.05) is 4.90 Å². The molecule has 30 heavy (non-hydrogen) atoms. The normalized spacial score (nSPS) is 21.4. The summed E-state index contributed by atoms with van der Waals surface area (Å²) in [6.45, 7) is 3.89. The predicted octanol–water partition coefficient (Wildman–Crippen LogP) is 1.72. The van der Waals surface area contributed by atoms with E-state index in [0.717, 1.165) is 24.6 Å². The number of nitrogen functional groups attached to an aromatic ring is 1. The first-order valence-electron chi connectivity index (χ1n) is 9.59. The van der Waals surface area contributed by atoms with Crippen molar-refractivity contribution in [1.82, 2.24) is 9.97 Å². The van der Waals surface area contributed by atoms with Gasteiger partial charge in [0, 0.05) is 10.3 Å². The van der Waals surface area contributed by atoms with Crippen molar-refractivity contribution < 1.29 is 28.3 Å². The molecular weight excluding hydrogens is 433 g/mol. The molecule has 1 saturated heterocycles. The zero-order valence-electron chi connectivity index (χ0n) is 16.9. The second kappa shape index (κ2) is 10.2. The van der Waals surface area contributed by atoms with Crippen molar-refractivity contribution in [2.24, 2.45) is 5.41 Å². The number of hydrogen-bond donors (Lipinski definition) is 3. The number of carbonyl (C=O) groups excluding carboxylic acids is 1. The smallest absolute Gasteiger partial charge is 0.395 e. The van der Waals surface area contributed by atoms with E-state index in [2.05, 4.69) is 15.3 Å². The van der Waals surface area contributed by atoms with Crippen LogP contribution >= 0.6 is 20.0 Å². The van der Waals surface area contributed by atoms with Crippen LogP contribution in [0.25, 0.3) is 0 Å². The number of nitrogens with two attached hydrogens (primary N) is 1. The van der Waals surface area contributed by atoms with E-state index in [4.69, 9.17) is 24.6 Å². The van der Waals surface area contributed by atoms with Gasteiger partial charge in [0.05, 0.1) is 24.8 Å². The van der Waals surface area contributed by atoms with Crippen LogP contribution in [-0.2, 0) is 23.1 Å². The largest absolute Gasteiger partial charge is 0.697 e. The summed E-state index contributed by atoms with van der Waals surface area (Å²) in [6, 6.07) is 0. The van der Waals surface area contributed by atoms with Crippen LogP contribution in [0.1, 0.15) is 26.7 Å². The average molecular weight is 460 g/mol. The molecule has 0 aromatic carbocycles. The molecule has 2 aliphatic rings. The van der Waals surface area contributed by atoms with E-state index in [9.17, 15) is 9.36 Å². The standard InChI is InChI=1S/C17H27N5O6PS/c1-17(2,8-23)16(24)30-6-5-26-29(25)27-7-11-3-4-12(28-11)22-10-21-13-14(18)19-9-20-15(13)22/h9,11-12,21,23H,3-8,10H2,1-2H3,(H2,18,19,20)/q+1/t11?,12-/m1/s1. The molecule has 0 saturated carbocycles. The minimum Gasteiger partial charge on any atom is -0.395 e. The molecule has 1 aromatic rings. The second-order valence-corrected chi connectivity index (χ2v) is 9.61. The van der Waals surface area contributed by atoms with E-state index < -0.39 is 13.7 Å². The lowest BCUT2D eigenvalue weighted by atomic mass is 9.97. The lowest BCUT2D eigenvalue weighted by molar-refractivity contribution is -0.119. The molecule has 3 heterocycles. The van der Waals surface area contributed by atoms with Crippen LogP contribution in [0.15, 0.2) is 6.33 Å². The Morgan fingerprint density at radius 3 is 3.03 bits per heavy atom. The number of aromatic nitrogens is 2. The second-order valence-electron chi connectivity index (χ2n) is 7.58. The predicted molar refractivity (Wildman–Crippen MR) is 113 cm³/mol. The maximum Gasteiger partial charge on any atom is 0.697 e. The van der Waals surface area contributed by atoms with Crippen LogP contribution in [0.2, 0.25) is 0 Å². The van der Waals surface area contributed by atoms with Gasteiger partial charge in [-0.2, -0.15) is 0 Å². The summed E-state index contributed by atoms with van der Waals surface area (Å²) in [5, 5.41) is 12.2. The summed E-state index contributed by atoms with van der Waals surface area (Å²) < 4.78 is 28.3. The van der Waals surface area contributed by atoms with Crippen LogP contribution in [0.5, 0.6) is 0 Å². The maximum absolute atomic E-state index is 11.9. The SMILES string of the molecule is CC(C)(CO)C(=O)SCCO[P+](=O)OCC1CC[C@H](N2CNc3c(N)ncnc32)O1.